The first-order chi connectivity index (χ1) is 9.67. The summed E-state index contributed by atoms with van der Waals surface area (Å²) in [6.45, 7) is 5.23. The van der Waals surface area contributed by atoms with Gasteiger partial charge in [0, 0.05) is 7.11 Å². The Balaban J connectivity index is 2.29. The van der Waals surface area contributed by atoms with E-state index in [0.29, 0.717) is 13.2 Å². The minimum absolute atomic E-state index is 0.0418. The van der Waals surface area contributed by atoms with Gasteiger partial charge in [-0.25, -0.2) is 4.79 Å². The lowest BCUT2D eigenvalue weighted by Gasteiger charge is -2.15. The molecule has 0 aromatic heterocycles. The Labute approximate surface area is 120 Å². The lowest BCUT2D eigenvalue weighted by atomic mass is 10.1. The number of ether oxygens (including phenoxy) is 2. The standard InChI is InChI=1S/C15H24N2O3/c1-4-13-5-7-14(8-6-13)12(2)17-15(18)16-11-20-10-9-19-3/h5-8,12H,4,9-11H2,1-3H3,(H2,16,17,18). The van der Waals surface area contributed by atoms with Crippen molar-refractivity contribution in [2.24, 2.45) is 0 Å². The number of hydrogen-bond donors (Lipinski definition) is 2. The van der Waals surface area contributed by atoms with Crippen molar-refractivity contribution in [1.29, 1.82) is 0 Å². The average molecular weight is 280 g/mol. The Kier molecular flexibility index (Phi) is 7.69. The highest BCUT2D eigenvalue weighted by Gasteiger charge is 2.08. The predicted octanol–water partition coefficient (Wildman–Crippen LogP) is 2.23. The number of amides is 2. The quantitative estimate of drug-likeness (QED) is 0.567. The van der Waals surface area contributed by atoms with Gasteiger partial charge in [0.2, 0.25) is 0 Å². The van der Waals surface area contributed by atoms with Crippen LogP contribution in [0.15, 0.2) is 24.3 Å². The minimum atomic E-state index is -0.241. The smallest absolute Gasteiger partial charge is 0.317 e. The van der Waals surface area contributed by atoms with Gasteiger partial charge in [-0.1, -0.05) is 31.2 Å². The first kappa shape index (κ1) is 16.5. The fourth-order valence-electron chi connectivity index (χ4n) is 1.70. The zero-order valence-electron chi connectivity index (χ0n) is 12.4. The first-order valence-electron chi connectivity index (χ1n) is 6.87. The molecule has 0 aliphatic rings. The third kappa shape index (κ3) is 6.04. The van der Waals surface area contributed by atoms with Crippen molar-refractivity contribution < 1.29 is 14.3 Å². The number of aryl methyl sites for hydroxylation is 1. The van der Waals surface area contributed by atoms with Crippen LogP contribution < -0.4 is 10.6 Å². The maximum Gasteiger partial charge on any atom is 0.317 e. The Morgan fingerprint density at radius 2 is 1.95 bits per heavy atom. The summed E-state index contributed by atoms with van der Waals surface area (Å²) in [6, 6.07) is 7.96. The van der Waals surface area contributed by atoms with Gasteiger partial charge >= 0.3 is 6.03 Å². The van der Waals surface area contributed by atoms with Gasteiger partial charge in [0.1, 0.15) is 6.73 Å². The Morgan fingerprint density at radius 3 is 2.55 bits per heavy atom. The van der Waals surface area contributed by atoms with Crippen molar-refractivity contribution in [2.75, 3.05) is 27.1 Å². The molecule has 5 nitrogen and oxygen atoms in total. The highest BCUT2D eigenvalue weighted by Crippen LogP contribution is 2.13. The molecule has 1 aromatic rings. The number of carbonyl (C=O) groups excluding carboxylic acids is 1. The lowest BCUT2D eigenvalue weighted by Crippen LogP contribution is -2.38. The number of benzene rings is 1. The molecule has 2 amide bonds. The molecule has 5 heteroatoms. The Hall–Kier alpha value is -1.59. The zero-order chi connectivity index (χ0) is 14.8. The van der Waals surface area contributed by atoms with E-state index in [4.69, 9.17) is 9.47 Å². The van der Waals surface area contributed by atoms with Gasteiger partial charge in [-0.3, -0.25) is 0 Å². The number of carbonyl (C=O) groups is 1. The molecule has 20 heavy (non-hydrogen) atoms. The number of nitrogens with one attached hydrogen (secondary N) is 2. The molecular formula is C15H24N2O3. The molecule has 1 unspecified atom stereocenters. The highest BCUT2D eigenvalue weighted by molar-refractivity contribution is 5.74. The first-order valence-corrected chi connectivity index (χ1v) is 6.87. The van der Waals surface area contributed by atoms with Crippen LogP contribution in [0.2, 0.25) is 0 Å². The lowest BCUT2D eigenvalue weighted by molar-refractivity contribution is 0.0641. The second-order valence-electron chi connectivity index (χ2n) is 4.51. The summed E-state index contributed by atoms with van der Waals surface area (Å²) in [5.74, 6) is 0. The van der Waals surface area contributed by atoms with Crippen molar-refractivity contribution in [3.8, 4) is 0 Å². The van der Waals surface area contributed by atoms with Gasteiger partial charge in [-0.05, 0) is 24.5 Å². The molecule has 0 aliphatic carbocycles. The SMILES string of the molecule is CCc1ccc(C(C)NC(=O)NCOCCOC)cc1. The molecule has 0 saturated carbocycles. The normalized spacial score (nSPS) is 11.9. The molecule has 0 saturated heterocycles. The van der Waals surface area contributed by atoms with E-state index in [1.807, 2.05) is 19.1 Å². The second-order valence-corrected chi connectivity index (χ2v) is 4.51. The van der Waals surface area contributed by atoms with Gasteiger partial charge in [-0.2, -0.15) is 0 Å². The maximum absolute atomic E-state index is 11.6. The molecule has 1 aromatic carbocycles. The van der Waals surface area contributed by atoms with Gasteiger partial charge in [0.05, 0.1) is 19.3 Å². The maximum atomic E-state index is 11.6. The molecule has 1 atom stereocenters. The zero-order valence-corrected chi connectivity index (χ0v) is 12.4. The third-order valence-electron chi connectivity index (χ3n) is 3.00. The fourth-order valence-corrected chi connectivity index (χ4v) is 1.70. The van der Waals surface area contributed by atoms with Crippen molar-refractivity contribution in [2.45, 2.75) is 26.3 Å². The molecule has 0 aliphatic heterocycles. The van der Waals surface area contributed by atoms with E-state index in [2.05, 4.69) is 29.7 Å². The van der Waals surface area contributed by atoms with Gasteiger partial charge in [-0.15, -0.1) is 0 Å². The monoisotopic (exact) mass is 280 g/mol. The van der Waals surface area contributed by atoms with Gasteiger partial charge in [0.25, 0.3) is 0 Å². The largest absolute Gasteiger partial charge is 0.382 e. The van der Waals surface area contributed by atoms with E-state index in [1.165, 1.54) is 5.56 Å². The van der Waals surface area contributed by atoms with Crippen LogP contribution in [0.5, 0.6) is 0 Å². The van der Waals surface area contributed by atoms with Crippen LogP contribution in [0.4, 0.5) is 4.79 Å². The summed E-state index contributed by atoms with van der Waals surface area (Å²) in [5.41, 5.74) is 2.37. The minimum Gasteiger partial charge on any atom is -0.382 e. The molecule has 0 heterocycles. The van der Waals surface area contributed by atoms with Crippen LogP contribution in [-0.2, 0) is 15.9 Å². The van der Waals surface area contributed by atoms with Gasteiger partial charge in [0.15, 0.2) is 0 Å². The van der Waals surface area contributed by atoms with E-state index >= 15 is 0 Å². The van der Waals surface area contributed by atoms with Crippen LogP contribution >= 0.6 is 0 Å². The van der Waals surface area contributed by atoms with Crippen molar-refractivity contribution in [3.63, 3.8) is 0 Å². The summed E-state index contributed by atoms with van der Waals surface area (Å²) in [5, 5.41) is 5.50. The van der Waals surface area contributed by atoms with E-state index in [0.717, 1.165) is 12.0 Å². The summed E-state index contributed by atoms with van der Waals surface area (Å²) >= 11 is 0. The van der Waals surface area contributed by atoms with Crippen molar-refractivity contribution in [1.82, 2.24) is 10.6 Å². The average Bonchev–Trinajstić information content (AvgIpc) is 2.47. The van der Waals surface area contributed by atoms with E-state index in [-0.39, 0.29) is 18.8 Å². The fraction of sp³-hybridized carbons (Fsp3) is 0.533. The molecule has 2 N–H and O–H groups in total. The Morgan fingerprint density at radius 1 is 1.25 bits per heavy atom. The second kappa shape index (κ2) is 9.34. The van der Waals surface area contributed by atoms with Crippen LogP contribution in [-0.4, -0.2) is 33.1 Å². The van der Waals surface area contributed by atoms with E-state index in [9.17, 15) is 4.79 Å². The number of methoxy groups -OCH3 is 1. The van der Waals surface area contributed by atoms with Crippen LogP contribution in [0.25, 0.3) is 0 Å². The topological polar surface area (TPSA) is 59.6 Å². The molecule has 0 radical (unpaired) electrons. The summed E-state index contributed by atoms with van der Waals surface area (Å²) in [4.78, 5) is 11.6. The molecule has 0 fully saturated rings. The van der Waals surface area contributed by atoms with E-state index in [1.54, 1.807) is 7.11 Å². The highest BCUT2D eigenvalue weighted by atomic mass is 16.5. The molecule has 0 bridgehead atoms. The van der Waals surface area contributed by atoms with Gasteiger partial charge < -0.3 is 20.1 Å². The molecule has 112 valence electrons. The summed E-state index contributed by atoms with van der Waals surface area (Å²) in [6.07, 6.45) is 1.02. The number of urea groups is 1. The molecule has 1 rings (SSSR count). The summed E-state index contributed by atoms with van der Waals surface area (Å²) in [7, 11) is 1.61. The molecular weight excluding hydrogens is 256 g/mol. The Bertz CT molecular complexity index is 393. The van der Waals surface area contributed by atoms with Crippen LogP contribution in [0.3, 0.4) is 0 Å². The van der Waals surface area contributed by atoms with Crippen LogP contribution in [0, 0.1) is 0 Å². The predicted molar refractivity (Wildman–Crippen MR) is 78.6 cm³/mol. The summed E-state index contributed by atoms with van der Waals surface area (Å²) < 4.78 is 10.0. The third-order valence-corrected chi connectivity index (χ3v) is 3.00. The molecule has 0 spiro atoms. The number of rotatable bonds is 8. The van der Waals surface area contributed by atoms with E-state index < -0.39 is 0 Å². The number of hydrogen-bond acceptors (Lipinski definition) is 3. The van der Waals surface area contributed by atoms with Crippen molar-refractivity contribution in [3.05, 3.63) is 35.4 Å². The van der Waals surface area contributed by atoms with Crippen LogP contribution in [0.1, 0.15) is 31.0 Å². The van der Waals surface area contributed by atoms with Crippen molar-refractivity contribution >= 4 is 6.03 Å².